The number of rotatable bonds is 4. The van der Waals surface area contributed by atoms with E-state index in [1.807, 2.05) is 13.0 Å². The number of hydrogen-bond donors (Lipinski definition) is 2. The van der Waals surface area contributed by atoms with Crippen molar-refractivity contribution in [3.63, 3.8) is 0 Å². The summed E-state index contributed by atoms with van der Waals surface area (Å²) in [6, 6.07) is 13.8. The normalized spacial score (nSPS) is 11.7. The first-order valence-electron chi connectivity index (χ1n) is 7.26. The first kappa shape index (κ1) is 16.7. The molecule has 0 aliphatic heterocycles. The average Bonchev–Trinajstić information content (AvgIpc) is 2.55. The van der Waals surface area contributed by atoms with Crippen LogP contribution in [0, 0.1) is 6.92 Å². The molecule has 5 heteroatoms. The second kappa shape index (κ2) is 7.07. The second-order valence-electron chi connectivity index (χ2n) is 5.53. The quantitative estimate of drug-likeness (QED) is 0.910. The Hall–Kier alpha value is -2.66. The molecule has 2 aromatic rings. The molecule has 0 bridgehead atoms. The van der Waals surface area contributed by atoms with E-state index in [1.54, 1.807) is 56.6 Å². The van der Waals surface area contributed by atoms with Gasteiger partial charge in [-0.1, -0.05) is 36.4 Å². The van der Waals surface area contributed by atoms with Crippen LogP contribution >= 0.6 is 0 Å². The molecule has 0 fully saturated rings. The van der Waals surface area contributed by atoms with Crippen molar-refractivity contribution in [1.82, 2.24) is 4.90 Å². The molecule has 0 aliphatic rings. The van der Waals surface area contributed by atoms with Gasteiger partial charge in [-0.25, -0.2) is 0 Å². The highest BCUT2D eigenvalue weighted by atomic mass is 16.3. The number of benzene rings is 2. The molecule has 0 aromatic heterocycles. The molecule has 2 aromatic carbocycles. The number of carbonyl (C=O) groups is 2. The van der Waals surface area contributed by atoms with Crippen LogP contribution in [-0.2, 0) is 4.79 Å². The lowest BCUT2D eigenvalue weighted by Gasteiger charge is -2.15. The number of anilines is 1. The molecule has 2 amide bonds. The molecule has 0 radical (unpaired) electrons. The third-order valence-electron chi connectivity index (χ3n) is 3.51. The fourth-order valence-electron chi connectivity index (χ4n) is 2.17. The molecular formula is C18H20N2O3. The Bertz CT molecular complexity index is 711. The molecule has 120 valence electrons. The Morgan fingerprint density at radius 2 is 1.74 bits per heavy atom. The minimum absolute atomic E-state index is 0.137. The van der Waals surface area contributed by atoms with Crippen molar-refractivity contribution in [3.8, 4) is 0 Å². The molecule has 2 N–H and O–H groups in total. The van der Waals surface area contributed by atoms with Gasteiger partial charge in [-0.05, 0) is 30.2 Å². The van der Waals surface area contributed by atoms with Gasteiger partial charge >= 0.3 is 0 Å². The molecule has 0 saturated carbocycles. The zero-order valence-corrected chi connectivity index (χ0v) is 13.4. The van der Waals surface area contributed by atoms with Crippen molar-refractivity contribution >= 4 is 17.5 Å². The van der Waals surface area contributed by atoms with Crippen molar-refractivity contribution in [2.24, 2.45) is 0 Å². The zero-order valence-electron chi connectivity index (χ0n) is 13.4. The number of carbonyl (C=O) groups excluding carboxylic acids is 2. The highest BCUT2D eigenvalue weighted by molar-refractivity contribution is 5.99. The van der Waals surface area contributed by atoms with Gasteiger partial charge in [-0.2, -0.15) is 0 Å². The van der Waals surface area contributed by atoms with E-state index in [4.69, 9.17) is 0 Å². The Kier molecular flexibility index (Phi) is 5.13. The van der Waals surface area contributed by atoms with E-state index in [1.165, 1.54) is 4.90 Å². The maximum absolute atomic E-state index is 12.2. The highest BCUT2D eigenvalue weighted by Crippen LogP contribution is 2.19. The maximum atomic E-state index is 12.2. The number of aryl methyl sites for hydroxylation is 1. The van der Waals surface area contributed by atoms with Crippen LogP contribution in [0.5, 0.6) is 0 Å². The summed E-state index contributed by atoms with van der Waals surface area (Å²) in [5, 5.41) is 12.7. The monoisotopic (exact) mass is 312 g/mol. The summed E-state index contributed by atoms with van der Waals surface area (Å²) in [4.78, 5) is 25.8. The smallest absolute Gasteiger partial charge is 0.257 e. The predicted molar refractivity (Wildman–Crippen MR) is 89.2 cm³/mol. The highest BCUT2D eigenvalue weighted by Gasteiger charge is 2.18. The Balaban J connectivity index is 2.18. The summed E-state index contributed by atoms with van der Waals surface area (Å²) in [6.45, 7) is 1.83. The van der Waals surface area contributed by atoms with Crippen LogP contribution in [0.25, 0.3) is 0 Å². The Labute approximate surface area is 135 Å². The predicted octanol–water partition coefficient (Wildman–Crippen LogP) is 2.37. The molecule has 0 saturated heterocycles. The summed E-state index contributed by atoms with van der Waals surface area (Å²) in [6.07, 6.45) is -1.26. The minimum Gasteiger partial charge on any atom is -0.378 e. The van der Waals surface area contributed by atoms with Gasteiger partial charge in [-0.3, -0.25) is 9.59 Å². The van der Waals surface area contributed by atoms with Crippen LogP contribution in [0.15, 0.2) is 48.5 Å². The largest absolute Gasteiger partial charge is 0.378 e. The Morgan fingerprint density at radius 1 is 1.09 bits per heavy atom. The third kappa shape index (κ3) is 3.96. The van der Waals surface area contributed by atoms with Crippen molar-refractivity contribution in [2.45, 2.75) is 13.0 Å². The lowest BCUT2D eigenvalue weighted by molar-refractivity contribution is -0.124. The van der Waals surface area contributed by atoms with Crippen LogP contribution < -0.4 is 5.32 Å². The van der Waals surface area contributed by atoms with Gasteiger partial charge in [0, 0.05) is 25.3 Å². The van der Waals surface area contributed by atoms with E-state index in [2.05, 4.69) is 5.32 Å². The lowest BCUT2D eigenvalue weighted by atomic mass is 10.1. The zero-order chi connectivity index (χ0) is 17.0. The molecule has 0 spiro atoms. The molecule has 2 rings (SSSR count). The van der Waals surface area contributed by atoms with Crippen molar-refractivity contribution in [1.29, 1.82) is 0 Å². The fraction of sp³-hybridized carbons (Fsp3) is 0.222. The maximum Gasteiger partial charge on any atom is 0.257 e. The second-order valence-corrected chi connectivity index (χ2v) is 5.53. The molecule has 1 atom stereocenters. The van der Waals surface area contributed by atoms with Crippen LogP contribution in [-0.4, -0.2) is 35.9 Å². The number of hydrogen-bond acceptors (Lipinski definition) is 3. The van der Waals surface area contributed by atoms with Gasteiger partial charge in [-0.15, -0.1) is 0 Å². The molecule has 23 heavy (non-hydrogen) atoms. The van der Waals surface area contributed by atoms with E-state index in [9.17, 15) is 14.7 Å². The number of amides is 2. The molecule has 0 aliphatic carbocycles. The van der Waals surface area contributed by atoms with Crippen molar-refractivity contribution in [3.05, 3.63) is 65.2 Å². The van der Waals surface area contributed by atoms with Crippen LogP contribution in [0.2, 0.25) is 0 Å². The molecule has 1 unspecified atom stereocenters. The first-order valence-corrected chi connectivity index (χ1v) is 7.26. The van der Waals surface area contributed by atoms with Gasteiger partial charge in [0.05, 0.1) is 0 Å². The Morgan fingerprint density at radius 3 is 2.35 bits per heavy atom. The molecular weight excluding hydrogens is 292 g/mol. The van der Waals surface area contributed by atoms with Crippen LogP contribution in [0.4, 0.5) is 5.69 Å². The van der Waals surface area contributed by atoms with Gasteiger partial charge in [0.25, 0.3) is 11.8 Å². The summed E-state index contributed by atoms with van der Waals surface area (Å²) < 4.78 is 0. The van der Waals surface area contributed by atoms with Crippen molar-refractivity contribution < 1.29 is 14.7 Å². The van der Waals surface area contributed by atoms with Crippen molar-refractivity contribution in [2.75, 3.05) is 19.4 Å². The van der Waals surface area contributed by atoms with Gasteiger partial charge in [0.15, 0.2) is 6.10 Å². The molecule has 5 nitrogen and oxygen atoms in total. The standard InChI is InChI=1S/C18H20N2O3/c1-12-9-10-14(11-15(12)18(23)20(2)3)19-17(22)16(21)13-7-5-4-6-8-13/h4-11,16,21H,1-3H3,(H,19,22). The topological polar surface area (TPSA) is 69.6 Å². The van der Waals surface area contributed by atoms with E-state index < -0.39 is 12.0 Å². The first-order chi connectivity index (χ1) is 10.9. The van der Waals surface area contributed by atoms with Gasteiger partial charge < -0.3 is 15.3 Å². The van der Waals surface area contributed by atoms with E-state index in [0.717, 1.165) is 5.56 Å². The summed E-state index contributed by atoms with van der Waals surface area (Å²) in [5.41, 5.74) is 2.33. The lowest BCUT2D eigenvalue weighted by Crippen LogP contribution is -2.24. The summed E-state index contributed by atoms with van der Waals surface area (Å²) in [7, 11) is 3.35. The summed E-state index contributed by atoms with van der Waals surface area (Å²) >= 11 is 0. The third-order valence-corrected chi connectivity index (χ3v) is 3.51. The molecule has 0 heterocycles. The minimum atomic E-state index is -1.26. The van der Waals surface area contributed by atoms with Gasteiger partial charge in [0.1, 0.15) is 0 Å². The number of aliphatic hydroxyl groups excluding tert-OH is 1. The van der Waals surface area contributed by atoms with Crippen LogP contribution in [0.3, 0.4) is 0 Å². The average molecular weight is 312 g/mol. The number of aliphatic hydroxyl groups is 1. The van der Waals surface area contributed by atoms with Gasteiger partial charge in [0.2, 0.25) is 0 Å². The van der Waals surface area contributed by atoms with E-state index in [0.29, 0.717) is 16.8 Å². The van der Waals surface area contributed by atoms with E-state index >= 15 is 0 Å². The number of nitrogens with one attached hydrogen (secondary N) is 1. The SMILES string of the molecule is Cc1ccc(NC(=O)C(O)c2ccccc2)cc1C(=O)N(C)C. The van der Waals surface area contributed by atoms with Crippen LogP contribution in [0.1, 0.15) is 27.6 Å². The number of nitrogens with zero attached hydrogens (tertiary/aromatic N) is 1. The summed E-state index contributed by atoms with van der Waals surface area (Å²) in [5.74, 6) is -0.675. The fourth-order valence-corrected chi connectivity index (χ4v) is 2.17. The van der Waals surface area contributed by atoms with E-state index in [-0.39, 0.29) is 5.91 Å².